The maximum absolute atomic E-state index is 3.54. The minimum Gasteiger partial charge on any atom is -0.316 e. The fourth-order valence-electron chi connectivity index (χ4n) is 4.31. The van der Waals surface area contributed by atoms with Gasteiger partial charge in [-0.15, -0.1) is 0 Å². The fraction of sp³-hybridized carbons (Fsp3) is 1.00. The molecule has 0 spiro atoms. The Labute approximate surface area is 118 Å². The predicted molar refractivity (Wildman–Crippen MR) is 80.5 cm³/mol. The van der Waals surface area contributed by atoms with Gasteiger partial charge in [0.15, 0.2) is 0 Å². The van der Waals surface area contributed by atoms with E-state index in [0.717, 1.165) is 6.04 Å². The van der Waals surface area contributed by atoms with Crippen LogP contribution in [0.4, 0.5) is 0 Å². The number of hydrogen-bond acceptors (Lipinski definition) is 3. The van der Waals surface area contributed by atoms with E-state index in [1.54, 1.807) is 0 Å². The largest absolute Gasteiger partial charge is 0.316 e. The first-order chi connectivity index (χ1) is 9.25. The summed E-state index contributed by atoms with van der Waals surface area (Å²) in [5, 5.41) is 3.54. The van der Waals surface area contributed by atoms with Crippen molar-refractivity contribution in [3.8, 4) is 0 Å². The summed E-state index contributed by atoms with van der Waals surface area (Å²) in [4.78, 5) is 5.52. The zero-order valence-corrected chi connectivity index (χ0v) is 12.7. The van der Waals surface area contributed by atoms with Crippen molar-refractivity contribution in [2.45, 2.75) is 51.5 Å². The molecular weight excluding hydrogens is 234 g/mol. The third-order valence-electron chi connectivity index (χ3n) is 5.51. The van der Waals surface area contributed by atoms with Crippen LogP contribution in [0.1, 0.15) is 45.4 Å². The quantitative estimate of drug-likeness (QED) is 0.841. The second-order valence-electron chi connectivity index (χ2n) is 7.34. The molecule has 3 rings (SSSR count). The standard InChI is InChI=1S/C16H31N3/c1-16(7-8-17-13-16)14-18-9-4-5-15(6-12-18)19-10-2-3-11-19/h15,17H,2-14H2,1H3. The minimum absolute atomic E-state index is 0.535. The average molecular weight is 265 g/mol. The van der Waals surface area contributed by atoms with Crippen LogP contribution in [0.5, 0.6) is 0 Å². The predicted octanol–water partition coefficient (Wildman–Crippen LogP) is 1.94. The molecular formula is C16H31N3. The summed E-state index contributed by atoms with van der Waals surface area (Å²) in [6, 6.07) is 0.891. The zero-order valence-electron chi connectivity index (χ0n) is 12.7. The molecule has 1 N–H and O–H groups in total. The highest BCUT2D eigenvalue weighted by atomic mass is 15.2. The molecule has 110 valence electrons. The van der Waals surface area contributed by atoms with Gasteiger partial charge in [0.25, 0.3) is 0 Å². The lowest BCUT2D eigenvalue weighted by Gasteiger charge is -2.31. The highest BCUT2D eigenvalue weighted by molar-refractivity contribution is 4.88. The molecule has 3 nitrogen and oxygen atoms in total. The molecule has 3 fully saturated rings. The Balaban J connectivity index is 1.49. The van der Waals surface area contributed by atoms with Crippen molar-refractivity contribution < 1.29 is 0 Å². The van der Waals surface area contributed by atoms with E-state index in [9.17, 15) is 0 Å². The Bertz CT molecular complexity index is 280. The first-order valence-corrected chi connectivity index (χ1v) is 8.42. The van der Waals surface area contributed by atoms with Crippen molar-refractivity contribution in [3.63, 3.8) is 0 Å². The maximum Gasteiger partial charge on any atom is 0.0108 e. The minimum atomic E-state index is 0.535. The van der Waals surface area contributed by atoms with Gasteiger partial charge in [-0.1, -0.05) is 6.92 Å². The summed E-state index contributed by atoms with van der Waals surface area (Å²) in [5.74, 6) is 0. The molecule has 19 heavy (non-hydrogen) atoms. The number of likely N-dealkylation sites (tertiary alicyclic amines) is 2. The summed E-state index contributed by atoms with van der Waals surface area (Å²) in [6.07, 6.45) is 8.48. The van der Waals surface area contributed by atoms with Crippen molar-refractivity contribution in [3.05, 3.63) is 0 Å². The van der Waals surface area contributed by atoms with Crippen LogP contribution in [0.25, 0.3) is 0 Å². The molecule has 0 aromatic heterocycles. The van der Waals surface area contributed by atoms with Crippen LogP contribution in [0.3, 0.4) is 0 Å². The van der Waals surface area contributed by atoms with Gasteiger partial charge in [0.1, 0.15) is 0 Å². The molecule has 0 bridgehead atoms. The molecule has 0 saturated carbocycles. The Hall–Kier alpha value is -0.120. The van der Waals surface area contributed by atoms with Crippen LogP contribution in [0.2, 0.25) is 0 Å². The van der Waals surface area contributed by atoms with Gasteiger partial charge in [-0.3, -0.25) is 0 Å². The molecule has 2 unspecified atom stereocenters. The summed E-state index contributed by atoms with van der Waals surface area (Å²) >= 11 is 0. The van der Waals surface area contributed by atoms with Crippen molar-refractivity contribution in [1.82, 2.24) is 15.1 Å². The number of hydrogen-bond donors (Lipinski definition) is 1. The van der Waals surface area contributed by atoms with E-state index in [-0.39, 0.29) is 0 Å². The Morgan fingerprint density at radius 1 is 1.05 bits per heavy atom. The van der Waals surface area contributed by atoms with Crippen LogP contribution >= 0.6 is 0 Å². The second-order valence-corrected chi connectivity index (χ2v) is 7.34. The smallest absolute Gasteiger partial charge is 0.0108 e. The van der Waals surface area contributed by atoms with E-state index in [1.807, 2.05) is 0 Å². The Kier molecular flexibility index (Phi) is 4.45. The summed E-state index contributed by atoms with van der Waals surface area (Å²) in [7, 11) is 0. The van der Waals surface area contributed by atoms with E-state index >= 15 is 0 Å². The van der Waals surface area contributed by atoms with Gasteiger partial charge < -0.3 is 15.1 Å². The van der Waals surface area contributed by atoms with Crippen molar-refractivity contribution in [1.29, 1.82) is 0 Å². The molecule has 0 amide bonds. The number of nitrogens with zero attached hydrogens (tertiary/aromatic N) is 2. The first kappa shape index (κ1) is 13.8. The Morgan fingerprint density at radius 2 is 1.89 bits per heavy atom. The van der Waals surface area contributed by atoms with E-state index in [1.165, 1.54) is 84.3 Å². The van der Waals surface area contributed by atoms with Crippen LogP contribution in [-0.4, -0.2) is 61.7 Å². The van der Waals surface area contributed by atoms with E-state index < -0.39 is 0 Å². The lowest BCUT2D eigenvalue weighted by molar-refractivity contribution is 0.173. The van der Waals surface area contributed by atoms with Gasteiger partial charge in [0, 0.05) is 19.1 Å². The second kappa shape index (κ2) is 6.11. The third-order valence-corrected chi connectivity index (χ3v) is 5.51. The zero-order chi connectivity index (χ0) is 13.1. The third kappa shape index (κ3) is 3.50. The summed E-state index contributed by atoms with van der Waals surface area (Å²) in [5.41, 5.74) is 0.535. The van der Waals surface area contributed by atoms with Crippen LogP contribution in [0, 0.1) is 5.41 Å². The molecule has 0 radical (unpaired) electrons. The molecule has 3 saturated heterocycles. The molecule has 3 heteroatoms. The van der Waals surface area contributed by atoms with E-state index in [4.69, 9.17) is 0 Å². The number of rotatable bonds is 3. The average Bonchev–Trinajstić information content (AvgIpc) is 3.00. The van der Waals surface area contributed by atoms with Gasteiger partial charge in [-0.05, 0) is 76.7 Å². The van der Waals surface area contributed by atoms with Gasteiger partial charge in [-0.2, -0.15) is 0 Å². The van der Waals surface area contributed by atoms with Crippen molar-refractivity contribution in [2.24, 2.45) is 5.41 Å². The molecule has 0 aromatic carbocycles. The summed E-state index contributed by atoms with van der Waals surface area (Å²) < 4.78 is 0. The molecule has 2 atom stereocenters. The van der Waals surface area contributed by atoms with Gasteiger partial charge >= 0.3 is 0 Å². The van der Waals surface area contributed by atoms with Gasteiger partial charge in [0.05, 0.1) is 0 Å². The fourth-order valence-corrected chi connectivity index (χ4v) is 4.31. The molecule has 0 aliphatic carbocycles. The highest BCUT2D eigenvalue weighted by Crippen LogP contribution is 2.28. The maximum atomic E-state index is 3.54. The van der Waals surface area contributed by atoms with E-state index in [2.05, 4.69) is 22.0 Å². The van der Waals surface area contributed by atoms with Crippen molar-refractivity contribution in [2.75, 3.05) is 45.8 Å². The van der Waals surface area contributed by atoms with Crippen LogP contribution in [0.15, 0.2) is 0 Å². The highest BCUT2D eigenvalue weighted by Gasteiger charge is 2.32. The monoisotopic (exact) mass is 265 g/mol. The topological polar surface area (TPSA) is 18.5 Å². The van der Waals surface area contributed by atoms with Gasteiger partial charge in [0.2, 0.25) is 0 Å². The lowest BCUT2D eigenvalue weighted by atomic mass is 9.89. The molecule has 3 aliphatic heterocycles. The SMILES string of the molecule is CC1(CN2CCCC(N3CCCC3)CC2)CCNC1. The molecule has 0 aromatic rings. The summed E-state index contributed by atoms with van der Waals surface area (Å²) in [6.45, 7) is 11.6. The number of nitrogens with one attached hydrogen (secondary N) is 1. The van der Waals surface area contributed by atoms with Gasteiger partial charge in [-0.25, -0.2) is 0 Å². The first-order valence-electron chi connectivity index (χ1n) is 8.42. The molecule has 3 heterocycles. The van der Waals surface area contributed by atoms with Crippen LogP contribution in [-0.2, 0) is 0 Å². The normalized spacial score (nSPS) is 38.7. The Morgan fingerprint density at radius 3 is 2.63 bits per heavy atom. The van der Waals surface area contributed by atoms with Crippen LogP contribution < -0.4 is 5.32 Å². The molecule has 3 aliphatic rings. The lowest BCUT2D eigenvalue weighted by Crippen LogP contribution is -2.39. The van der Waals surface area contributed by atoms with E-state index in [0.29, 0.717) is 5.41 Å². The van der Waals surface area contributed by atoms with Crippen molar-refractivity contribution >= 4 is 0 Å².